The summed E-state index contributed by atoms with van der Waals surface area (Å²) in [7, 11) is 3.70. The van der Waals surface area contributed by atoms with E-state index in [0.717, 1.165) is 0 Å². The fourth-order valence-corrected chi connectivity index (χ4v) is 2.40. The van der Waals surface area contributed by atoms with Crippen molar-refractivity contribution in [2.45, 2.75) is 37.3 Å². The first-order valence-corrected chi connectivity index (χ1v) is 7.27. The Balaban J connectivity index is 2.14. The fraction of sp³-hybridized carbons (Fsp3) is 0.600. The maximum atomic E-state index is 9.95. The third kappa shape index (κ3) is 4.11. The van der Waals surface area contributed by atoms with Crippen molar-refractivity contribution in [3.05, 3.63) is 23.8 Å². The Bertz CT molecular complexity index is 523. The van der Waals surface area contributed by atoms with Crippen LogP contribution in [0.2, 0.25) is 0 Å². The highest BCUT2D eigenvalue weighted by Crippen LogP contribution is 2.28. The number of phenolic OH excluding ortho intramolecular Hbond substituents is 1. The highest BCUT2D eigenvalue weighted by Gasteiger charge is 2.44. The van der Waals surface area contributed by atoms with Gasteiger partial charge in [-0.1, -0.05) is 0 Å². The minimum Gasteiger partial charge on any atom is -0.508 e. The minimum absolute atomic E-state index is 0.111. The van der Waals surface area contributed by atoms with Gasteiger partial charge in [-0.3, -0.25) is 0 Å². The van der Waals surface area contributed by atoms with Gasteiger partial charge < -0.3 is 39.9 Å². The van der Waals surface area contributed by atoms with Gasteiger partial charge in [-0.25, -0.2) is 0 Å². The molecule has 2 rings (SSSR count). The van der Waals surface area contributed by atoms with Crippen LogP contribution in [0.3, 0.4) is 0 Å². The number of phenols is 1. The zero-order valence-electron chi connectivity index (χ0n) is 13.0. The first-order valence-electron chi connectivity index (χ1n) is 7.27. The largest absolute Gasteiger partial charge is 0.508 e. The van der Waals surface area contributed by atoms with Gasteiger partial charge in [-0.15, -0.1) is 0 Å². The third-order valence-corrected chi connectivity index (χ3v) is 3.64. The second-order valence-electron chi connectivity index (χ2n) is 5.84. The topological polar surface area (TPSA) is 123 Å². The van der Waals surface area contributed by atoms with E-state index in [4.69, 9.17) is 14.6 Å². The van der Waals surface area contributed by atoms with Crippen LogP contribution in [0.4, 0.5) is 0 Å². The zero-order chi connectivity index (χ0) is 17.1. The highest BCUT2D eigenvalue weighted by molar-refractivity contribution is 5.39. The molecule has 8 heteroatoms. The Morgan fingerprint density at radius 1 is 1.13 bits per heavy atom. The van der Waals surface area contributed by atoms with E-state index in [1.165, 1.54) is 12.1 Å². The molecule has 23 heavy (non-hydrogen) atoms. The first-order chi connectivity index (χ1) is 10.8. The summed E-state index contributed by atoms with van der Waals surface area (Å²) in [5.41, 5.74) is 0.622. The molecule has 1 aliphatic rings. The second kappa shape index (κ2) is 7.43. The van der Waals surface area contributed by atoms with Gasteiger partial charge in [0, 0.05) is 12.1 Å². The van der Waals surface area contributed by atoms with Crippen molar-refractivity contribution in [3.8, 4) is 11.5 Å². The molecule has 1 fully saturated rings. The SMILES string of the molecule is CN(C)Cc1cc(O[C@@H]2O[C@H](CO)[C@@H](O)[C@H](O)[C@H]2O)ccc1O. The van der Waals surface area contributed by atoms with Crippen molar-refractivity contribution in [2.75, 3.05) is 20.7 Å². The van der Waals surface area contributed by atoms with Crippen LogP contribution in [0.25, 0.3) is 0 Å². The molecule has 1 aromatic carbocycles. The zero-order valence-corrected chi connectivity index (χ0v) is 13.0. The molecule has 0 spiro atoms. The van der Waals surface area contributed by atoms with Crippen molar-refractivity contribution in [1.29, 1.82) is 0 Å². The van der Waals surface area contributed by atoms with Gasteiger partial charge in [0.1, 0.15) is 35.9 Å². The van der Waals surface area contributed by atoms with Crippen LogP contribution < -0.4 is 4.74 Å². The van der Waals surface area contributed by atoms with Gasteiger partial charge in [0.05, 0.1) is 6.61 Å². The van der Waals surface area contributed by atoms with Crippen molar-refractivity contribution < 1.29 is 35.0 Å². The molecule has 5 atom stereocenters. The number of aliphatic hydroxyl groups excluding tert-OH is 4. The highest BCUT2D eigenvalue weighted by atomic mass is 16.7. The van der Waals surface area contributed by atoms with E-state index >= 15 is 0 Å². The molecular weight excluding hydrogens is 306 g/mol. The molecule has 1 aromatic rings. The second-order valence-corrected chi connectivity index (χ2v) is 5.84. The monoisotopic (exact) mass is 329 g/mol. The third-order valence-electron chi connectivity index (χ3n) is 3.64. The molecule has 0 amide bonds. The molecule has 1 aliphatic heterocycles. The average Bonchev–Trinajstić information content (AvgIpc) is 2.50. The number of hydrogen-bond acceptors (Lipinski definition) is 8. The maximum Gasteiger partial charge on any atom is 0.229 e. The van der Waals surface area contributed by atoms with Crippen LogP contribution in [-0.2, 0) is 11.3 Å². The van der Waals surface area contributed by atoms with E-state index in [1.54, 1.807) is 6.07 Å². The van der Waals surface area contributed by atoms with Gasteiger partial charge in [0.2, 0.25) is 6.29 Å². The Morgan fingerprint density at radius 2 is 1.83 bits per heavy atom. The van der Waals surface area contributed by atoms with E-state index in [1.807, 2.05) is 19.0 Å². The van der Waals surface area contributed by atoms with Crippen LogP contribution in [0.5, 0.6) is 11.5 Å². The van der Waals surface area contributed by atoms with Crippen LogP contribution in [0.15, 0.2) is 18.2 Å². The number of benzene rings is 1. The van der Waals surface area contributed by atoms with E-state index < -0.39 is 37.3 Å². The lowest BCUT2D eigenvalue weighted by Gasteiger charge is -2.39. The van der Waals surface area contributed by atoms with E-state index in [-0.39, 0.29) is 5.75 Å². The Morgan fingerprint density at radius 3 is 2.43 bits per heavy atom. The van der Waals surface area contributed by atoms with Crippen LogP contribution >= 0.6 is 0 Å². The summed E-state index contributed by atoms with van der Waals surface area (Å²) in [6.45, 7) is -0.0377. The molecule has 0 unspecified atom stereocenters. The van der Waals surface area contributed by atoms with Gasteiger partial charge in [-0.05, 0) is 32.3 Å². The number of nitrogens with zero attached hydrogens (tertiary/aromatic N) is 1. The summed E-state index contributed by atoms with van der Waals surface area (Å²) >= 11 is 0. The summed E-state index contributed by atoms with van der Waals surface area (Å²) in [5, 5.41) is 48.4. The molecule has 0 saturated carbocycles. The summed E-state index contributed by atoms with van der Waals surface area (Å²) in [5.74, 6) is 0.434. The predicted octanol–water partition coefficient (Wildman–Crippen LogP) is -1.37. The molecular formula is C15H23NO7. The van der Waals surface area contributed by atoms with Crippen LogP contribution in [-0.4, -0.2) is 81.8 Å². The Hall–Kier alpha value is -1.42. The number of ether oxygens (including phenoxy) is 2. The normalized spacial score (nSPS) is 31.3. The molecule has 1 heterocycles. The molecule has 1 saturated heterocycles. The Labute approximate surface area is 134 Å². The lowest BCUT2D eigenvalue weighted by atomic mass is 9.99. The maximum absolute atomic E-state index is 9.95. The van der Waals surface area contributed by atoms with Crippen molar-refractivity contribution in [1.82, 2.24) is 4.90 Å². The first kappa shape index (κ1) is 17.9. The number of aromatic hydroxyl groups is 1. The molecule has 0 aromatic heterocycles. The molecule has 5 N–H and O–H groups in total. The van der Waals surface area contributed by atoms with Crippen molar-refractivity contribution in [3.63, 3.8) is 0 Å². The molecule has 130 valence electrons. The number of hydrogen-bond donors (Lipinski definition) is 5. The van der Waals surface area contributed by atoms with Gasteiger partial charge in [-0.2, -0.15) is 0 Å². The summed E-state index contributed by atoms with van der Waals surface area (Å²) in [4.78, 5) is 1.87. The molecule has 8 nitrogen and oxygen atoms in total. The summed E-state index contributed by atoms with van der Waals surface area (Å²) in [6.07, 6.45) is -6.68. The quantitative estimate of drug-likeness (QED) is 0.448. The fourth-order valence-electron chi connectivity index (χ4n) is 2.40. The molecule has 0 aliphatic carbocycles. The van der Waals surface area contributed by atoms with Crippen molar-refractivity contribution in [2.24, 2.45) is 0 Å². The summed E-state index contributed by atoms with van der Waals surface area (Å²) in [6, 6.07) is 4.55. The summed E-state index contributed by atoms with van der Waals surface area (Å²) < 4.78 is 10.8. The number of rotatable bonds is 5. The van der Waals surface area contributed by atoms with Crippen LogP contribution in [0.1, 0.15) is 5.56 Å². The standard InChI is InChI=1S/C15H23NO7/c1-16(2)6-8-5-9(3-4-10(8)18)22-15-14(21)13(20)12(19)11(7-17)23-15/h3-5,11-15,17-21H,6-7H2,1-2H3/t11-,12-,13+,14-,15-/m1/s1. The van der Waals surface area contributed by atoms with Gasteiger partial charge >= 0.3 is 0 Å². The van der Waals surface area contributed by atoms with E-state index in [0.29, 0.717) is 17.9 Å². The minimum atomic E-state index is -1.50. The molecule has 0 radical (unpaired) electrons. The lowest BCUT2D eigenvalue weighted by Crippen LogP contribution is -2.60. The lowest BCUT2D eigenvalue weighted by molar-refractivity contribution is -0.277. The Kier molecular flexibility index (Phi) is 5.79. The van der Waals surface area contributed by atoms with Gasteiger partial charge in [0.25, 0.3) is 0 Å². The van der Waals surface area contributed by atoms with Gasteiger partial charge in [0.15, 0.2) is 0 Å². The predicted molar refractivity (Wildman–Crippen MR) is 79.9 cm³/mol. The smallest absolute Gasteiger partial charge is 0.229 e. The van der Waals surface area contributed by atoms with Crippen LogP contribution in [0, 0.1) is 0 Å². The number of aliphatic hydroxyl groups is 4. The van der Waals surface area contributed by atoms with Crippen molar-refractivity contribution >= 4 is 0 Å². The average molecular weight is 329 g/mol. The van der Waals surface area contributed by atoms with E-state index in [9.17, 15) is 20.4 Å². The molecule has 0 bridgehead atoms. The van der Waals surface area contributed by atoms with E-state index in [2.05, 4.69) is 0 Å².